The van der Waals surface area contributed by atoms with Crippen LogP contribution in [0.25, 0.3) is 0 Å². The number of benzene rings is 1. The molecule has 10 heteroatoms. The lowest BCUT2D eigenvalue weighted by Crippen LogP contribution is -2.49. The SMILES string of the molecule is NCCCNCCCCNC(=O)[C@H](Cc1ccc(O)cc1)NC(=O)C1OC1C(=O)O. The highest BCUT2D eigenvalue weighted by atomic mass is 16.6. The predicted octanol–water partition coefficient (Wildman–Crippen LogP) is -0.894. The summed E-state index contributed by atoms with van der Waals surface area (Å²) in [5.74, 6) is -2.11. The van der Waals surface area contributed by atoms with Crippen LogP contribution in [0, 0.1) is 0 Å². The lowest BCUT2D eigenvalue weighted by atomic mass is 10.0. The molecule has 0 radical (unpaired) electrons. The summed E-state index contributed by atoms with van der Waals surface area (Å²) in [6, 6.07) is 5.41. The predicted molar refractivity (Wildman–Crippen MR) is 109 cm³/mol. The number of aliphatic carboxylic acids is 1. The minimum Gasteiger partial charge on any atom is -0.508 e. The molecule has 2 rings (SSSR count). The molecule has 1 saturated heterocycles. The van der Waals surface area contributed by atoms with Crippen molar-refractivity contribution >= 4 is 17.8 Å². The lowest BCUT2D eigenvalue weighted by molar-refractivity contribution is -0.138. The van der Waals surface area contributed by atoms with Crippen LogP contribution in [0.4, 0.5) is 0 Å². The fraction of sp³-hybridized carbons (Fsp3) is 0.550. The van der Waals surface area contributed by atoms with E-state index in [9.17, 15) is 19.5 Å². The molecule has 0 spiro atoms. The third-order valence-electron chi connectivity index (χ3n) is 4.64. The van der Waals surface area contributed by atoms with Crippen LogP contribution in [0.3, 0.4) is 0 Å². The van der Waals surface area contributed by atoms with Gasteiger partial charge in [-0.15, -0.1) is 0 Å². The summed E-state index contributed by atoms with van der Waals surface area (Å²) in [6.07, 6.45) is 0.516. The molecule has 0 bridgehead atoms. The molecule has 1 aliphatic rings. The molecule has 1 fully saturated rings. The van der Waals surface area contributed by atoms with Crippen molar-refractivity contribution in [2.45, 2.75) is 43.9 Å². The molecule has 0 aromatic heterocycles. The monoisotopic (exact) mass is 422 g/mol. The van der Waals surface area contributed by atoms with Gasteiger partial charge in [0.25, 0.3) is 5.91 Å². The molecule has 1 aromatic carbocycles. The summed E-state index contributed by atoms with van der Waals surface area (Å²) in [5.41, 5.74) is 6.17. The van der Waals surface area contributed by atoms with E-state index in [4.69, 9.17) is 15.6 Å². The number of rotatable bonds is 14. The van der Waals surface area contributed by atoms with Crippen LogP contribution in [0.2, 0.25) is 0 Å². The van der Waals surface area contributed by atoms with E-state index in [2.05, 4.69) is 16.0 Å². The van der Waals surface area contributed by atoms with Gasteiger partial charge in [-0.1, -0.05) is 12.1 Å². The summed E-state index contributed by atoms with van der Waals surface area (Å²) in [5, 5.41) is 26.9. The first kappa shape index (κ1) is 23.6. The first-order valence-electron chi connectivity index (χ1n) is 10.1. The molecule has 3 atom stereocenters. The maximum atomic E-state index is 12.6. The molecule has 1 aromatic rings. The largest absolute Gasteiger partial charge is 0.508 e. The van der Waals surface area contributed by atoms with Crippen molar-refractivity contribution in [2.75, 3.05) is 26.2 Å². The molecule has 0 saturated carbocycles. The highest BCUT2D eigenvalue weighted by Gasteiger charge is 2.51. The molecule has 7 N–H and O–H groups in total. The molecule has 1 aliphatic heterocycles. The number of carboxylic acids is 1. The smallest absolute Gasteiger partial charge is 0.336 e. The number of unbranched alkanes of at least 4 members (excludes halogenated alkanes) is 1. The molecule has 10 nitrogen and oxygen atoms in total. The Hall–Kier alpha value is -2.69. The molecule has 30 heavy (non-hydrogen) atoms. The Morgan fingerprint density at radius 1 is 1.03 bits per heavy atom. The van der Waals surface area contributed by atoms with Crippen molar-refractivity contribution < 1.29 is 29.3 Å². The number of phenolic OH excluding ortho intramolecular Hbond substituents is 1. The van der Waals surface area contributed by atoms with Gasteiger partial charge in [0.15, 0.2) is 12.2 Å². The number of epoxide rings is 1. The van der Waals surface area contributed by atoms with Crippen molar-refractivity contribution in [3.63, 3.8) is 0 Å². The number of nitrogens with two attached hydrogens (primary N) is 1. The van der Waals surface area contributed by atoms with E-state index in [-0.39, 0.29) is 18.1 Å². The number of amides is 2. The Morgan fingerprint density at radius 2 is 1.70 bits per heavy atom. The summed E-state index contributed by atoms with van der Waals surface area (Å²) in [6.45, 7) is 2.80. The van der Waals surface area contributed by atoms with Crippen molar-refractivity contribution in [1.29, 1.82) is 0 Å². The van der Waals surface area contributed by atoms with Gasteiger partial charge in [-0.3, -0.25) is 9.59 Å². The van der Waals surface area contributed by atoms with Crippen LogP contribution in [0.5, 0.6) is 5.75 Å². The minimum atomic E-state index is -1.21. The average molecular weight is 422 g/mol. The molecule has 0 aliphatic carbocycles. The van der Waals surface area contributed by atoms with E-state index in [0.29, 0.717) is 13.1 Å². The van der Waals surface area contributed by atoms with E-state index in [1.54, 1.807) is 12.1 Å². The topological polar surface area (TPSA) is 166 Å². The standard InChI is InChI=1S/C20H30N4O6/c21-8-3-10-22-9-1-2-11-23-18(26)15(12-13-4-6-14(25)7-5-13)24-19(27)16-17(30-16)20(28)29/h4-7,15-17,22,25H,1-3,8-12,21H2,(H,23,26)(H,24,27)(H,28,29)/t15-,16?,17?/m0/s1. The van der Waals surface area contributed by atoms with Crippen molar-refractivity contribution in [3.8, 4) is 5.75 Å². The Labute approximate surface area is 175 Å². The van der Waals surface area contributed by atoms with Crippen LogP contribution in [-0.4, -0.2) is 72.4 Å². The first-order chi connectivity index (χ1) is 14.4. The summed E-state index contributed by atoms with van der Waals surface area (Å²) in [7, 11) is 0. The normalized spacial score (nSPS) is 18.4. The van der Waals surface area contributed by atoms with Crippen molar-refractivity contribution in [3.05, 3.63) is 29.8 Å². The van der Waals surface area contributed by atoms with Gasteiger partial charge in [0.2, 0.25) is 5.91 Å². The lowest BCUT2D eigenvalue weighted by Gasteiger charge is -2.18. The third kappa shape index (κ3) is 7.97. The molecular formula is C20H30N4O6. The van der Waals surface area contributed by atoms with Crippen LogP contribution in [0.1, 0.15) is 24.8 Å². The third-order valence-corrected chi connectivity index (χ3v) is 4.64. The Balaban J connectivity index is 1.83. The number of carbonyl (C=O) groups is 3. The van der Waals surface area contributed by atoms with Gasteiger partial charge in [0.05, 0.1) is 0 Å². The number of hydrogen-bond donors (Lipinski definition) is 6. The second-order valence-corrected chi connectivity index (χ2v) is 7.14. The van der Waals surface area contributed by atoms with Crippen LogP contribution in [-0.2, 0) is 25.5 Å². The van der Waals surface area contributed by atoms with Gasteiger partial charge in [0.1, 0.15) is 11.8 Å². The van der Waals surface area contributed by atoms with Crippen molar-refractivity contribution in [1.82, 2.24) is 16.0 Å². The first-order valence-corrected chi connectivity index (χ1v) is 10.1. The quantitative estimate of drug-likeness (QED) is 0.166. The molecular weight excluding hydrogens is 392 g/mol. The van der Waals surface area contributed by atoms with Crippen molar-refractivity contribution in [2.24, 2.45) is 5.73 Å². The molecule has 2 unspecified atom stereocenters. The van der Waals surface area contributed by atoms with Gasteiger partial charge in [0, 0.05) is 13.0 Å². The molecule has 2 amide bonds. The zero-order valence-corrected chi connectivity index (χ0v) is 16.8. The van der Waals surface area contributed by atoms with E-state index in [0.717, 1.165) is 37.9 Å². The van der Waals surface area contributed by atoms with Crippen LogP contribution < -0.4 is 21.7 Å². The second-order valence-electron chi connectivity index (χ2n) is 7.14. The minimum absolute atomic E-state index is 0.0968. The highest BCUT2D eigenvalue weighted by Crippen LogP contribution is 2.22. The Kier molecular flexibility index (Phi) is 9.52. The zero-order valence-electron chi connectivity index (χ0n) is 16.8. The second kappa shape index (κ2) is 12.1. The number of aromatic hydroxyl groups is 1. The van der Waals surface area contributed by atoms with Gasteiger partial charge in [-0.05, 0) is 56.6 Å². The number of ether oxygens (including phenoxy) is 1. The van der Waals surface area contributed by atoms with Gasteiger partial charge < -0.3 is 36.6 Å². The summed E-state index contributed by atoms with van der Waals surface area (Å²) in [4.78, 5) is 35.8. The van der Waals surface area contributed by atoms with E-state index < -0.39 is 30.1 Å². The summed E-state index contributed by atoms with van der Waals surface area (Å²) < 4.78 is 4.85. The van der Waals surface area contributed by atoms with E-state index in [1.807, 2.05) is 0 Å². The fourth-order valence-corrected chi connectivity index (χ4v) is 2.89. The maximum Gasteiger partial charge on any atom is 0.336 e. The number of nitrogens with one attached hydrogen (secondary N) is 3. The fourth-order valence-electron chi connectivity index (χ4n) is 2.89. The zero-order chi connectivity index (χ0) is 21.9. The van der Waals surface area contributed by atoms with Crippen LogP contribution >= 0.6 is 0 Å². The molecule has 166 valence electrons. The molecule has 1 heterocycles. The number of carboxylic acid groups (broad SMARTS) is 1. The van der Waals surface area contributed by atoms with Gasteiger partial charge in [-0.25, -0.2) is 4.79 Å². The number of hydrogen-bond acceptors (Lipinski definition) is 7. The summed E-state index contributed by atoms with van der Waals surface area (Å²) >= 11 is 0. The van der Waals surface area contributed by atoms with Crippen LogP contribution in [0.15, 0.2) is 24.3 Å². The average Bonchev–Trinajstić information content (AvgIpc) is 3.52. The van der Waals surface area contributed by atoms with E-state index in [1.165, 1.54) is 12.1 Å². The Bertz CT molecular complexity index is 712. The number of carbonyl (C=O) groups excluding carboxylic acids is 2. The van der Waals surface area contributed by atoms with Gasteiger partial charge in [-0.2, -0.15) is 0 Å². The Morgan fingerprint density at radius 3 is 2.33 bits per heavy atom. The van der Waals surface area contributed by atoms with E-state index >= 15 is 0 Å². The maximum absolute atomic E-state index is 12.6. The number of phenols is 1. The highest BCUT2D eigenvalue weighted by molar-refractivity contribution is 5.95. The van der Waals surface area contributed by atoms with Gasteiger partial charge >= 0.3 is 5.97 Å².